The van der Waals surface area contributed by atoms with Gasteiger partial charge in [0.05, 0.1) is 31.4 Å². The number of allylic oxidation sites excluding steroid dienone is 3. The molecule has 1 radical (unpaired) electrons. The van der Waals surface area contributed by atoms with Crippen molar-refractivity contribution in [2.75, 3.05) is 26.1 Å². The normalized spacial score (nSPS) is 33.4. The number of likely N-dealkylation sites (N-methyl/N-ethyl adjacent to an activating group) is 1. The average Bonchev–Trinajstić information content (AvgIpc) is 3.70. The summed E-state index contributed by atoms with van der Waals surface area (Å²) in [7, 11) is 4.46. The molecule has 3 heterocycles. The second kappa shape index (κ2) is 15.4. The maximum Gasteiger partial charge on any atom is 0.409 e. The summed E-state index contributed by atoms with van der Waals surface area (Å²) in [6.45, 7) is 8.77. The second-order valence-electron chi connectivity index (χ2n) is 12.7. The Morgan fingerprint density at radius 2 is 1.98 bits per heavy atom. The van der Waals surface area contributed by atoms with Gasteiger partial charge in [0.15, 0.2) is 0 Å². The molecule has 12 nitrogen and oxygen atoms in total. The SMILES string of the molecule is COc1cc2cc(c1Cl)N(C)C(=O)CC(OC(=O)[C@H](C)N(C)[C-]=O)C1(C)OC1C(C)C1CC(O)(NC(=O)O1)C(C)/C=C/C=C(\C)C2.[Y]. The van der Waals surface area contributed by atoms with E-state index in [1.807, 2.05) is 32.1 Å². The molecule has 14 heteroatoms. The fourth-order valence-electron chi connectivity index (χ4n) is 5.99. The first-order valence-corrected chi connectivity index (χ1v) is 15.6. The summed E-state index contributed by atoms with van der Waals surface area (Å²) in [5, 5.41) is 14.4. The summed E-state index contributed by atoms with van der Waals surface area (Å²) in [5.41, 5.74) is -0.550. The predicted molar refractivity (Wildman–Crippen MR) is 170 cm³/mol. The van der Waals surface area contributed by atoms with E-state index in [1.54, 1.807) is 39.4 Å². The number of amides is 3. The predicted octanol–water partition coefficient (Wildman–Crippen LogP) is 3.67. The Bertz CT molecular complexity index is 1440. The van der Waals surface area contributed by atoms with Crippen LogP contribution in [0, 0.1) is 11.8 Å². The van der Waals surface area contributed by atoms with Gasteiger partial charge in [-0.2, -0.15) is 6.41 Å². The monoisotopic (exact) mass is 749 g/mol. The minimum atomic E-state index is -1.60. The Kier molecular flexibility index (Phi) is 12.7. The van der Waals surface area contributed by atoms with E-state index in [1.165, 1.54) is 26.0 Å². The van der Waals surface area contributed by atoms with E-state index in [4.69, 9.17) is 30.5 Å². The van der Waals surface area contributed by atoms with E-state index in [2.05, 4.69) is 5.32 Å². The van der Waals surface area contributed by atoms with Crippen molar-refractivity contribution >= 4 is 41.7 Å². The smallest absolute Gasteiger partial charge is 0.409 e. The van der Waals surface area contributed by atoms with Gasteiger partial charge in [-0.15, -0.1) is 0 Å². The molecule has 4 bridgehead atoms. The van der Waals surface area contributed by atoms with Gasteiger partial charge < -0.3 is 38.6 Å². The number of ether oxygens (including phenoxy) is 4. The van der Waals surface area contributed by atoms with E-state index in [-0.39, 0.29) is 50.6 Å². The fraction of sp³-hybridized carbons (Fsp3) is 0.576. The Morgan fingerprint density at radius 1 is 1.30 bits per heavy atom. The van der Waals surface area contributed by atoms with Gasteiger partial charge in [-0.25, -0.2) is 9.59 Å². The summed E-state index contributed by atoms with van der Waals surface area (Å²) < 4.78 is 23.2. The molecule has 255 valence electrons. The van der Waals surface area contributed by atoms with E-state index >= 15 is 0 Å². The Morgan fingerprint density at radius 3 is 2.62 bits per heavy atom. The van der Waals surface area contributed by atoms with Gasteiger partial charge in [-0.05, 0) is 51.9 Å². The number of hydrogen-bond donors (Lipinski definition) is 2. The molecule has 0 saturated carbocycles. The van der Waals surface area contributed by atoms with E-state index in [0.717, 1.165) is 16.0 Å². The molecule has 3 aliphatic heterocycles. The van der Waals surface area contributed by atoms with Crippen LogP contribution in [0.1, 0.15) is 53.0 Å². The number of alkyl carbamates (subject to hydrolysis) is 1. The molecule has 1 aromatic rings. The minimum Gasteiger partial charge on any atom is -0.520 e. The summed E-state index contributed by atoms with van der Waals surface area (Å²) >= 11 is 6.69. The molecule has 0 aliphatic carbocycles. The summed E-state index contributed by atoms with van der Waals surface area (Å²) in [6.07, 6.45) is 4.26. The molecule has 1 aromatic carbocycles. The third kappa shape index (κ3) is 8.39. The molecular weight excluding hydrogens is 707 g/mol. The van der Waals surface area contributed by atoms with Crippen LogP contribution in [0.3, 0.4) is 0 Å². The number of methoxy groups -OCH3 is 1. The van der Waals surface area contributed by atoms with Gasteiger partial charge >= 0.3 is 12.1 Å². The van der Waals surface area contributed by atoms with E-state index < -0.39 is 65.5 Å². The molecule has 8 atom stereocenters. The first-order chi connectivity index (χ1) is 21.5. The van der Waals surface area contributed by atoms with Crippen molar-refractivity contribution in [3.05, 3.63) is 46.5 Å². The van der Waals surface area contributed by atoms with Crippen LogP contribution in [0.15, 0.2) is 35.9 Å². The number of benzene rings is 1. The quantitative estimate of drug-likeness (QED) is 0.199. The summed E-state index contributed by atoms with van der Waals surface area (Å²) in [4.78, 5) is 53.4. The number of esters is 1. The molecule has 0 spiro atoms. The fourth-order valence-corrected chi connectivity index (χ4v) is 6.30. The number of carbonyl (C=O) groups excluding carboxylic acids is 4. The molecule has 2 saturated heterocycles. The van der Waals surface area contributed by atoms with Gasteiger partial charge in [0, 0.05) is 58.0 Å². The average molecular weight is 750 g/mol. The number of halogens is 1. The van der Waals surface area contributed by atoms with Crippen LogP contribution in [-0.4, -0.2) is 91.3 Å². The number of nitrogens with one attached hydrogen (secondary N) is 1. The first kappa shape index (κ1) is 38.9. The maximum atomic E-state index is 13.9. The van der Waals surface area contributed by atoms with Crippen molar-refractivity contribution in [1.82, 2.24) is 10.2 Å². The van der Waals surface area contributed by atoms with Crippen LogP contribution >= 0.6 is 11.6 Å². The van der Waals surface area contributed by atoms with Crippen molar-refractivity contribution in [3.8, 4) is 5.75 Å². The number of nitrogens with zero attached hydrogens (tertiary/aromatic N) is 2. The third-order valence-corrected chi connectivity index (χ3v) is 9.80. The topological polar surface area (TPSA) is 147 Å². The zero-order chi connectivity index (χ0) is 34.1. The number of rotatable bonds is 5. The minimum absolute atomic E-state index is 0. The first-order valence-electron chi connectivity index (χ1n) is 15.2. The number of fused-ring (bicyclic) bond motifs is 5. The van der Waals surface area contributed by atoms with Crippen molar-refractivity contribution in [2.45, 2.75) is 89.6 Å². The van der Waals surface area contributed by atoms with Crippen molar-refractivity contribution in [3.63, 3.8) is 0 Å². The molecule has 47 heavy (non-hydrogen) atoms. The molecule has 3 aliphatic rings. The Balaban J connectivity index is 0.00000600. The maximum absolute atomic E-state index is 13.9. The zero-order valence-electron chi connectivity index (χ0n) is 28.0. The summed E-state index contributed by atoms with van der Waals surface area (Å²) in [5.74, 6) is -1.73. The van der Waals surface area contributed by atoms with E-state index in [0.29, 0.717) is 17.9 Å². The number of hydrogen-bond acceptors (Lipinski definition) is 9. The van der Waals surface area contributed by atoms with E-state index in [9.17, 15) is 24.3 Å². The number of carbonyl (C=O) groups is 3. The molecular formula is C33H43ClN3O9Y-. The Hall–Kier alpha value is -2.51. The number of epoxide rings is 1. The van der Waals surface area contributed by atoms with Crippen LogP contribution in [0.25, 0.3) is 0 Å². The molecule has 2 fully saturated rings. The van der Waals surface area contributed by atoms with Gasteiger partial charge in [0.25, 0.3) is 0 Å². The molecule has 2 N–H and O–H groups in total. The van der Waals surface area contributed by atoms with Crippen molar-refractivity contribution < 1.29 is 75.9 Å². The van der Waals surface area contributed by atoms with Gasteiger partial charge in [0.2, 0.25) is 5.91 Å². The van der Waals surface area contributed by atoms with Crippen LogP contribution in [0.2, 0.25) is 5.02 Å². The third-order valence-electron chi connectivity index (χ3n) is 9.42. The van der Waals surface area contributed by atoms with Crippen LogP contribution < -0.4 is 15.0 Å². The molecule has 0 aromatic heterocycles. The molecule has 3 amide bonds. The number of anilines is 1. The second-order valence-corrected chi connectivity index (χ2v) is 13.1. The largest absolute Gasteiger partial charge is 0.520 e. The van der Waals surface area contributed by atoms with Crippen LogP contribution in [-0.2, 0) is 67.7 Å². The van der Waals surface area contributed by atoms with Gasteiger partial charge in [-0.1, -0.05) is 49.2 Å². The van der Waals surface area contributed by atoms with Crippen molar-refractivity contribution in [2.24, 2.45) is 11.8 Å². The zero-order valence-corrected chi connectivity index (χ0v) is 31.6. The number of aliphatic hydroxyl groups is 1. The summed E-state index contributed by atoms with van der Waals surface area (Å²) in [6, 6.07) is 2.62. The van der Waals surface area contributed by atoms with Gasteiger partial charge in [-0.3, -0.25) is 10.1 Å². The molecule has 4 rings (SSSR count). The standard InChI is InChI=1S/C33H43ClN3O9.Y/c1-18-10-9-11-19(2)33(42)16-25(44-31(41)35-33)20(3)29-32(5,46-29)26(45-30(40)21(4)36(6)17-38)15-27(39)37(7)23-13-22(12-18)14-24(43-8)28(23)34;/h9-11,13-14,19-21,25-26,29,42H,12,15-16H2,1-8H3,(H,35,41);/q-1;/b11-9+,18-10+;/t19?,20?,21-,25?,26?,29?,32?,33?;/m0./s1. The van der Waals surface area contributed by atoms with Crippen LogP contribution in [0.4, 0.5) is 10.5 Å². The van der Waals surface area contributed by atoms with Crippen molar-refractivity contribution in [1.29, 1.82) is 0 Å². The molecule has 7 unspecified atom stereocenters. The van der Waals surface area contributed by atoms with Crippen LogP contribution in [0.5, 0.6) is 5.75 Å². The Labute approximate surface area is 306 Å². The van der Waals surface area contributed by atoms with Gasteiger partial charge in [0.1, 0.15) is 34.3 Å².